The van der Waals surface area contributed by atoms with E-state index in [1.165, 1.54) is 31.1 Å². The van der Waals surface area contributed by atoms with Crippen molar-refractivity contribution in [3.63, 3.8) is 0 Å². The highest BCUT2D eigenvalue weighted by atomic mass is 16.1. The second kappa shape index (κ2) is 4.66. The van der Waals surface area contributed by atoms with Gasteiger partial charge >= 0.3 is 0 Å². The van der Waals surface area contributed by atoms with Crippen molar-refractivity contribution >= 4 is 12.1 Å². The quantitative estimate of drug-likeness (QED) is 0.535. The monoisotopic (exact) mass is 298 g/mol. The summed E-state index contributed by atoms with van der Waals surface area (Å²) < 4.78 is 0. The van der Waals surface area contributed by atoms with Gasteiger partial charge in [-0.3, -0.25) is 4.79 Å². The largest absolute Gasteiger partial charge is 0.303 e. The van der Waals surface area contributed by atoms with E-state index in [1.807, 2.05) is 6.08 Å². The molecular weight excluding hydrogens is 272 g/mol. The first kappa shape index (κ1) is 14.4. The molecule has 0 aromatic heterocycles. The molecular formula is C20H26O2. The Bertz CT molecular complexity index is 599. The molecule has 0 heterocycles. The van der Waals surface area contributed by atoms with Crippen LogP contribution in [0.5, 0.6) is 0 Å². The second-order valence-electron chi connectivity index (χ2n) is 8.43. The Kier molecular flexibility index (Phi) is 3.05. The number of fused-ring (bicyclic) bond motifs is 5. The van der Waals surface area contributed by atoms with Gasteiger partial charge in [0.25, 0.3) is 0 Å². The average molecular weight is 298 g/mol. The van der Waals surface area contributed by atoms with Crippen LogP contribution in [0.25, 0.3) is 0 Å². The zero-order chi connectivity index (χ0) is 15.5. The van der Waals surface area contributed by atoms with Crippen molar-refractivity contribution in [1.82, 2.24) is 0 Å². The van der Waals surface area contributed by atoms with Crippen molar-refractivity contribution in [2.45, 2.75) is 58.8 Å². The standard InChI is InChI=1S/C20H26O2/c1-19-9-7-15(22)11-13(19)3-5-16-17-6-4-14(12-21)20(17,2)10-8-18(16)19/h5,11-12,14,17-18H,3-4,6-10H2,1-2H3. The average Bonchev–Trinajstić information content (AvgIpc) is 2.84. The maximum atomic E-state index is 11.8. The molecule has 0 aromatic carbocycles. The van der Waals surface area contributed by atoms with Gasteiger partial charge in [-0.05, 0) is 67.3 Å². The van der Waals surface area contributed by atoms with Crippen LogP contribution in [0, 0.1) is 28.6 Å². The summed E-state index contributed by atoms with van der Waals surface area (Å²) in [5.41, 5.74) is 3.38. The highest BCUT2D eigenvalue weighted by Crippen LogP contribution is 2.64. The molecule has 0 bridgehead atoms. The fourth-order valence-corrected chi connectivity index (χ4v) is 6.12. The van der Waals surface area contributed by atoms with Crippen molar-refractivity contribution in [2.75, 3.05) is 0 Å². The van der Waals surface area contributed by atoms with Gasteiger partial charge in [0.05, 0.1) is 0 Å². The van der Waals surface area contributed by atoms with E-state index in [4.69, 9.17) is 0 Å². The van der Waals surface area contributed by atoms with Crippen molar-refractivity contribution in [2.24, 2.45) is 28.6 Å². The first-order chi connectivity index (χ1) is 10.5. The minimum Gasteiger partial charge on any atom is -0.303 e. The van der Waals surface area contributed by atoms with Gasteiger partial charge in [0.15, 0.2) is 5.78 Å². The molecule has 4 rings (SSSR count). The predicted octanol–water partition coefficient (Wildman–Crippen LogP) is 4.25. The summed E-state index contributed by atoms with van der Waals surface area (Å²) in [6.07, 6.45) is 12.8. The summed E-state index contributed by atoms with van der Waals surface area (Å²) in [7, 11) is 0. The molecule has 5 atom stereocenters. The molecule has 0 amide bonds. The Morgan fingerprint density at radius 1 is 1.14 bits per heavy atom. The number of aldehydes is 1. The lowest BCUT2D eigenvalue weighted by Gasteiger charge is -2.54. The van der Waals surface area contributed by atoms with Crippen molar-refractivity contribution < 1.29 is 9.59 Å². The summed E-state index contributed by atoms with van der Waals surface area (Å²) in [5.74, 6) is 1.76. The predicted molar refractivity (Wildman–Crippen MR) is 86.2 cm³/mol. The van der Waals surface area contributed by atoms with Gasteiger partial charge in [-0.1, -0.05) is 31.1 Å². The maximum Gasteiger partial charge on any atom is 0.155 e. The van der Waals surface area contributed by atoms with Gasteiger partial charge in [-0.2, -0.15) is 0 Å². The zero-order valence-corrected chi connectivity index (χ0v) is 13.7. The lowest BCUT2D eigenvalue weighted by molar-refractivity contribution is -0.117. The number of carbonyl (C=O) groups is 2. The van der Waals surface area contributed by atoms with Gasteiger partial charge in [0, 0.05) is 12.3 Å². The molecule has 2 fully saturated rings. The van der Waals surface area contributed by atoms with Gasteiger partial charge in [0.2, 0.25) is 0 Å². The lowest BCUT2D eigenvalue weighted by atomic mass is 9.50. The molecule has 2 heteroatoms. The Hall–Kier alpha value is -1.18. The molecule has 2 nitrogen and oxygen atoms in total. The molecule has 0 N–H and O–H groups in total. The summed E-state index contributed by atoms with van der Waals surface area (Å²) in [5, 5.41) is 0. The summed E-state index contributed by atoms with van der Waals surface area (Å²) in [4.78, 5) is 23.3. The fraction of sp³-hybridized carbons (Fsp3) is 0.700. The molecule has 4 aliphatic carbocycles. The summed E-state index contributed by atoms with van der Waals surface area (Å²) in [6, 6.07) is 0. The van der Waals surface area contributed by atoms with Crippen molar-refractivity contribution in [3.05, 3.63) is 23.3 Å². The van der Waals surface area contributed by atoms with Gasteiger partial charge in [0.1, 0.15) is 6.29 Å². The van der Waals surface area contributed by atoms with Crippen LogP contribution >= 0.6 is 0 Å². The van der Waals surface area contributed by atoms with E-state index in [2.05, 4.69) is 19.9 Å². The first-order valence-electron chi connectivity index (χ1n) is 8.88. The van der Waals surface area contributed by atoms with Crippen LogP contribution in [-0.4, -0.2) is 12.1 Å². The van der Waals surface area contributed by atoms with Crippen LogP contribution < -0.4 is 0 Å². The van der Waals surface area contributed by atoms with Crippen LogP contribution in [0.1, 0.15) is 58.8 Å². The van der Waals surface area contributed by atoms with E-state index < -0.39 is 0 Å². The highest BCUT2D eigenvalue weighted by molar-refractivity contribution is 5.91. The van der Waals surface area contributed by atoms with Crippen LogP contribution in [0.15, 0.2) is 23.3 Å². The Morgan fingerprint density at radius 2 is 1.95 bits per heavy atom. The van der Waals surface area contributed by atoms with Crippen LogP contribution in [0.4, 0.5) is 0 Å². The van der Waals surface area contributed by atoms with E-state index in [0.29, 0.717) is 24.0 Å². The van der Waals surface area contributed by atoms with Crippen LogP contribution in [0.3, 0.4) is 0 Å². The number of rotatable bonds is 1. The Labute approximate surface area is 133 Å². The smallest absolute Gasteiger partial charge is 0.155 e. The van der Waals surface area contributed by atoms with E-state index in [0.717, 1.165) is 19.3 Å². The maximum absolute atomic E-state index is 11.8. The van der Waals surface area contributed by atoms with E-state index >= 15 is 0 Å². The van der Waals surface area contributed by atoms with Crippen molar-refractivity contribution in [3.8, 4) is 0 Å². The molecule has 5 unspecified atom stereocenters. The van der Waals surface area contributed by atoms with E-state index in [-0.39, 0.29) is 16.7 Å². The molecule has 4 aliphatic rings. The number of hydrogen-bond donors (Lipinski definition) is 0. The molecule has 2 saturated carbocycles. The lowest BCUT2D eigenvalue weighted by Crippen LogP contribution is -2.45. The number of ketones is 1. The highest BCUT2D eigenvalue weighted by Gasteiger charge is 2.56. The van der Waals surface area contributed by atoms with Crippen LogP contribution in [-0.2, 0) is 9.59 Å². The normalized spacial score (nSPS) is 47.0. The summed E-state index contributed by atoms with van der Waals surface area (Å²) in [6.45, 7) is 4.73. The third-order valence-corrected chi connectivity index (χ3v) is 7.64. The molecule has 118 valence electrons. The minimum atomic E-state index is 0.187. The first-order valence-corrected chi connectivity index (χ1v) is 8.88. The van der Waals surface area contributed by atoms with E-state index in [1.54, 1.807) is 5.57 Å². The van der Waals surface area contributed by atoms with E-state index in [9.17, 15) is 9.59 Å². The third-order valence-electron chi connectivity index (χ3n) is 7.64. The minimum absolute atomic E-state index is 0.187. The van der Waals surface area contributed by atoms with Gasteiger partial charge < -0.3 is 4.79 Å². The molecule has 0 saturated heterocycles. The zero-order valence-electron chi connectivity index (χ0n) is 13.7. The fourth-order valence-electron chi connectivity index (χ4n) is 6.12. The van der Waals surface area contributed by atoms with Crippen molar-refractivity contribution in [1.29, 1.82) is 0 Å². The topological polar surface area (TPSA) is 34.1 Å². The molecule has 0 aromatic rings. The molecule has 22 heavy (non-hydrogen) atoms. The number of hydrogen-bond acceptors (Lipinski definition) is 2. The second-order valence-corrected chi connectivity index (χ2v) is 8.43. The Morgan fingerprint density at radius 3 is 2.73 bits per heavy atom. The molecule has 0 aliphatic heterocycles. The SMILES string of the molecule is CC12CCC(=O)C=C1CC=C1C2CCC2(C)C(C=O)CCC12. The number of allylic oxidation sites excluding steroid dienone is 4. The van der Waals surface area contributed by atoms with Gasteiger partial charge in [-0.25, -0.2) is 0 Å². The third kappa shape index (κ3) is 1.73. The number of carbonyl (C=O) groups excluding carboxylic acids is 2. The molecule has 0 spiro atoms. The molecule has 0 radical (unpaired) electrons. The summed E-state index contributed by atoms with van der Waals surface area (Å²) >= 11 is 0. The Balaban J connectivity index is 1.75. The van der Waals surface area contributed by atoms with Crippen LogP contribution in [0.2, 0.25) is 0 Å². The van der Waals surface area contributed by atoms with Gasteiger partial charge in [-0.15, -0.1) is 0 Å².